The zero-order chi connectivity index (χ0) is 39.8. The van der Waals surface area contributed by atoms with E-state index in [0.717, 1.165) is 4.57 Å². The second-order valence-corrected chi connectivity index (χ2v) is 12.5. The van der Waals surface area contributed by atoms with Gasteiger partial charge in [0.15, 0.2) is 17.3 Å². The molecule has 1 fully saturated rings. The number of carbonyl (C=O) groups is 3. The van der Waals surface area contributed by atoms with Crippen molar-refractivity contribution in [2.75, 3.05) is 26.6 Å². The van der Waals surface area contributed by atoms with Crippen LogP contribution >= 0.6 is 0 Å². The van der Waals surface area contributed by atoms with Gasteiger partial charge in [-0.3, -0.25) is 14.4 Å². The SMILES string of the molecule is COc1c(N)nc(=O)n([C@]2(C(c3ccccc3)(c3ccccc3)c3ccccc3)O[C@H](CO)[C@@H](O)[C@H]2C(=O)c2ccccc2)c1OC.O=C(O)CCC(=O)O. The lowest BCUT2D eigenvalue weighted by Crippen LogP contribution is -2.63. The molecule has 2 heterocycles. The molecular weight excluding hydrogens is 710 g/mol. The molecular formula is C41H41N3O11. The predicted octanol–water partition coefficient (Wildman–Crippen LogP) is 3.72. The number of ketones is 1. The highest BCUT2D eigenvalue weighted by Gasteiger charge is 2.71. The van der Waals surface area contributed by atoms with Gasteiger partial charge in [0.05, 0.1) is 45.2 Å². The van der Waals surface area contributed by atoms with Crippen molar-refractivity contribution < 1.29 is 49.0 Å². The maximum absolute atomic E-state index is 15.0. The number of nitrogen functional groups attached to an aromatic ring is 1. The predicted molar refractivity (Wildman–Crippen MR) is 200 cm³/mol. The number of hydrogen-bond donors (Lipinski definition) is 5. The molecule has 286 valence electrons. The maximum atomic E-state index is 15.0. The number of nitrogens with zero attached hydrogens (tertiary/aromatic N) is 2. The summed E-state index contributed by atoms with van der Waals surface area (Å²) < 4.78 is 19.6. The average molecular weight is 752 g/mol. The summed E-state index contributed by atoms with van der Waals surface area (Å²) in [6, 6.07) is 36.3. The molecule has 6 rings (SSSR count). The first-order valence-electron chi connectivity index (χ1n) is 17.2. The van der Waals surface area contributed by atoms with Crippen molar-refractivity contribution in [3.63, 3.8) is 0 Å². The monoisotopic (exact) mass is 751 g/mol. The number of aliphatic carboxylic acids is 2. The van der Waals surface area contributed by atoms with E-state index in [9.17, 15) is 24.6 Å². The zero-order valence-electron chi connectivity index (χ0n) is 30.0. The van der Waals surface area contributed by atoms with Gasteiger partial charge in [-0.1, -0.05) is 121 Å². The molecule has 1 aromatic heterocycles. The number of benzene rings is 4. The number of nitrogens with two attached hydrogens (primary N) is 1. The van der Waals surface area contributed by atoms with Gasteiger partial charge in [0.25, 0.3) is 0 Å². The summed E-state index contributed by atoms with van der Waals surface area (Å²) in [5.41, 5.74) is 3.55. The number of aliphatic hydroxyl groups excluding tert-OH is 2. The van der Waals surface area contributed by atoms with Crippen LogP contribution in [0.15, 0.2) is 126 Å². The fourth-order valence-electron chi connectivity index (χ4n) is 7.33. The van der Waals surface area contributed by atoms with Crippen LogP contribution in [0.1, 0.15) is 39.9 Å². The molecule has 4 aromatic carbocycles. The molecule has 55 heavy (non-hydrogen) atoms. The van der Waals surface area contributed by atoms with Gasteiger partial charge in [0.1, 0.15) is 12.0 Å². The fourth-order valence-corrected chi connectivity index (χ4v) is 7.33. The summed E-state index contributed by atoms with van der Waals surface area (Å²) >= 11 is 0. The van der Waals surface area contributed by atoms with Gasteiger partial charge in [0, 0.05) is 5.56 Å². The van der Waals surface area contributed by atoms with Crippen LogP contribution in [0, 0.1) is 5.92 Å². The third kappa shape index (κ3) is 7.30. The highest BCUT2D eigenvalue weighted by Crippen LogP contribution is 2.61. The molecule has 6 N–H and O–H groups in total. The molecule has 14 nitrogen and oxygen atoms in total. The van der Waals surface area contributed by atoms with Gasteiger partial charge < -0.3 is 40.4 Å². The number of aromatic nitrogens is 2. The standard InChI is InChI=1S/C37H35N3O7.C4H6O4/c1-45-32-33(38)39-35(44)40(34(32)46-2)37(29(31(43)28(23-41)47-37)30(42)24-15-7-3-8-16-24)36(25-17-9-4-10-18-25,26-19-11-5-12-20-26)27-21-13-6-14-22-27;5-3(6)1-2-4(7)8/h3-22,28-29,31,41,43H,23H2,1-2H3,(H2,38,39,44);1-2H2,(H,5,6)(H,7,8)/t28-,29-,31-,37+;/m1./s1. The van der Waals surface area contributed by atoms with Crippen molar-refractivity contribution in [3.05, 3.63) is 154 Å². The number of anilines is 1. The minimum Gasteiger partial charge on any atom is -0.489 e. The Morgan fingerprint density at radius 3 is 1.60 bits per heavy atom. The van der Waals surface area contributed by atoms with Crippen LogP contribution in [0.3, 0.4) is 0 Å². The second kappa shape index (κ2) is 17.2. The van der Waals surface area contributed by atoms with E-state index in [0.29, 0.717) is 16.7 Å². The molecule has 1 aliphatic rings. The van der Waals surface area contributed by atoms with Gasteiger partial charge in [0.2, 0.25) is 11.6 Å². The van der Waals surface area contributed by atoms with Gasteiger partial charge >= 0.3 is 17.6 Å². The Kier molecular flexibility index (Phi) is 12.5. The number of ether oxygens (including phenoxy) is 3. The van der Waals surface area contributed by atoms with Gasteiger partial charge in [-0.25, -0.2) is 9.36 Å². The van der Waals surface area contributed by atoms with E-state index in [-0.39, 0.29) is 35.9 Å². The Balaban J connectivity index is 0.000000654. The summed E-state index contributed by atoms with van der Waals surface area (Å²) in [4.78, 5) is 53.0. The first-order valence-corrected chi connectivity index (χ1v) is 17.2. The minimum absolute atomic E-state index is 0.0778. The normalized spacial score (nSPS) is 19.1. The summed E-state index contributed by atoms with van der Waals surface area (Å²) in [6.45, 7) is -0.674. The fraction of sp³-hybridized carbons (Fsp3) is 0.244. The zero-order valence-corrected chi connectivity index (χ0v) is 30.0. The van der Waals surface area contributed by atoms with Gasteiger partial charge in [-0.05, 0) is 16.7 Å². The first kappa shape index (κ1) is 39.8. The number of aliphatic hydroxyl groups is 2. The van der Waals surface area contributed by atoms with E-state index < -0.39 is 59.3 Å². The Morgan fingerprint density at radius 1 is 0.782 bits per heavy atom. The summed E-state index contributed by atoms with van der Waals surface area (Å²) in [7, 11) is 2.68. The number of carboxylic acid groups (broad SMARTS) is 2. The number of methoxy groups -OCH3 is 2. The van der Waals surface area contributed by atoms with Crippen molar-refractivity contribution in [1.29, 1.82) is 0 Å². The molecule has 4 atom stereocenters. The third-order valence-corrected chi connectivity index (χ3v) is 9.47. The second-order valence-electron chi connectivity index (χ2n) is 12.5. The molecule has 5 aromatic rings. The van der Waals surface area contributed by atoms with Crippen molar-refractivity contribution in [2.24, 2.45) is 5.92 Å². The van der Waals surface area contributed by atoms with Crippen LogP contribution in [0.2, 0.25) is 0 Å². The largest absolute Gasteiger partial charge is 0.489 e. The quantitative estimate of drug-likeness (QED) is 0.0857. The molecule has 1 aliphatic heterocycles. The van der Waals surface area contributed by atoms with E-state index in [1.54, 1.807) is 30.3 Å². The number of rotatable bonds is 13. The summed E-state index contributed by atoms with van der Waals surface area (Å²) in [5, 5.41) is 38.7. The minimum atomic E-state index is -2.22. The molecule has 0 spiro atoms. The maximum Gasteiger partial charge on any atom is 0.355 e. The molecule has 0 bridgehead atoms. The Bertz CT molecular complexity index is 2040. The van der Waals surface area contributed by atoms with Crippen LogP contribution in [0.4, 0.5) is 5.82 Å². The lowest BCUT2D eigenvalue weighted by Gasteiger charge is -2.52. The third-order valence-electron chi connectivity index (χ3n) is 9.47. The molecule has 0 aliphatic carbocycles. The molecule has 0 saturated carbocycles. The number of carboxylic acids is 2. The highest BCUT2D eigenvalue weighted by molar-refractivity contribution is 5.99. The lowest BCUT2D eigenvalue weighted by atomic mass is 9.58. The Hall–Kier alpha value is -6.35. The van der Waals surface area contributed by atoms with Crippen molar-refractivity contribution in [2.45, 2.75) is 36.2 Å². The first-order chi connectivity index (χ1) is 26.5. The number of hydrogen-bond acceptors (Lipinski definition) is 11. The van der Waals surface area contributed by atoms with Crippen molar-refractivity contribution >= 4 is 23.5 Å². The van der Waals surface area contributed by atoms with Crippen molar-refractivity contribution in [1.82, 2.24) is 9.55 Å². The van der Waals surface area contributed by atoms with Crippen LogP contribution in [0.5, 0.6) is 11.6 Å². The van der Waals surface area contributed by atoms with Crippen molar-refractivity contribution in [3.8, 4) is 11.6 Å². The van der Waals surface area contributed by atoms with Crippen LogP contribution < -0.4 is 20.9 Å². The van der Waals surface area contributed by atoms with E-state index in [1.165, 1.54) is 14.2 Å². The molecule has 0 unspecified atom stereocenters. The van der Waals surface area contributed by atoms with Crippen LogP contribution in [-0.2, 0) is 25.5 Å². The summed E-state index contributed by atoms with van der Waals surface area (Å²) in [6.07, 6.45) is -3.53. The van der Waals surface area contributed by atoms with E-state index in [2.05, 4.69) is 4.98 Å². The molecule has 0 radical (unpaired) electrons. The smallest absolute Gasteiger partial charge is 0.355 e. The van der Waals surface area contributed by atoms with Crippen LogP contribution in [0.25, 0.3) is 0 Å². The summed E-state index contributed by atoms with van der Waals surface area (Å²) in [5.74, 6) is -4.73. The Morgan fingerprint density at radius 2 is 1.22 bits per heavy atom. The number of carbonyl (C=O) groups excluding carboxylic acids is 1. The van der Waals surface area contributed by atoms with Gasteiger partial charge in [-0.2, -0.15) is 4.98 Å². The van der Waals surface area contributed by atoms with Crippen LogP contribution in [-0.4, -0.2) is 80.7 Å². The topological polar surface area (TPSA) is 221 Å². The van der Waals surface area contributed by atoms with E-state index >= 15 is 4.79 Å². The van der Waals surface area contributed by atoms with E-state index in [4.69, 9.17) is 30.2 Å². The van der Waals surface area contributed by atoms with E-state index in [1.807, 2.05) is 91.0 Å². The van der Waals surface area contributed by atoms with Gasteiger partial charge in [-0.15, -0.1) is 0 Å². The number of Topliss-reactive ketones (excluding diaryl/α,β-unsaturated/α-hetero) is 1. The molecule has 1 saturated heterocycles. The lowest BCUT2D eigenvalue weighted by molar-refractivity contribution is -0.159. The average Bonchev–Trinajstić information content (AvgIpc) is 3.50. The highest BCUT2D eigenvalue weighted by atomic mass is 16.6. The molecule has 0 amide bonds. The Labute approximate surface area is 316 Å². The molecule has 14 heteroatoms.